The first-order chi connectivity index (χ1) is 12.6. The second-order valence-corrected chi connectivity index (χ2v) is 9.14. The van der Waals surface area contributed by atoms with E-state index >= 15 is 0 Å². The highest BCUT2D eigenvalue weighted by atomic mass is 32.2. The molecule has 0 spiro atoms. The Hall–Kier alpha value is -1.22. The van der Waals surface area contributed by atoms with Crippen molar-refractivity contribution in [3.63, 3.8) is 0 Å². The molecule has 2 fully saturated rings. The van der Waals surface area contributed by atoms with Crippen molar-refractivity contribution < 1.29 is 13.2 Å². The molecule has 7 nitrogen and oxygen atoms in total. The fourth-order valence-corrected chi connectivity index (χ4v) is 4.73. The van der Waals surface area contributed by atoms with Gasteiger partial charge in [-0.15, -0.1) is 0 Å². The van der Waals surface area contributed by atoms with Gasteiger partial charge in [0.25, 0.3) is 0 Å². The zero-order chi connectivity index (χ0) is 18.4. The normalized spacial score (nSPS) is 21.0. The van der Waals surface area contributed by atoms with Crippen LogP contribution < -0.4 is 5.32 Å². The molecule has 8 heteroatoms. The molecule has 0 bridgehead atoms. The molecular weight excluding hydrogens is 352 g/mol. The SMILES string of the molecule is CC1CCN(CCCNc2ccc(S(=O)(=O)N3CCOCC3)cn2)CC1. The Morgan fingerprint density at radius 2 is 1.92 bits per heavy atom. The second-order valence-electron chi connectivity index (χ2n) is 7.20. The molecule has 3 heterocycles. The predicted octanol–water partition coefficient (Wildman–Crippen LogP) is 1.64. The number of hydrogen-bond acceptors (Lipinski definition) is 6. The molecule has 2 saturated heterocycles. The number of piperidine rings is 1. The van der Waals surface area contributed by atoms with Crippen molar-refractivity contribution in [2.75, 3.05) is 57.8 Å². The van der Waals surface area contributed by atoms with Crippen LogP contribution in [0.25, 0.3) is 0 Å². The van der Waals surface area contributed by atoms with Crippen LogP contribution >= 0.6 is 0 Å². The van der Waals surface area contributed by atoms with Gasteiger partial charge in [0.1, 0.15) is 10.7 Å². The van der Waals surface area contributed by atoms with Crippen LogP contribution in [0.4, 0.5) is 5.82 Å². The smallest absolute Gasteiger partial charge is 0.244 e. The average molecular weight is 383 g/mol. The van der Waals surface area contributed by atoms with Gasteiger partial charge in [-0.25, -0.2) is 13.4 Å². The summed E-state index contributed by atoms with van der Waals surface area (Å²) in [5.41, 5.74) is 0. The maximum atomic E-state index is 12.6. The molecule has 0 unspecified atom stereocenters. The van der Waals surface area contributed by atoms with E-state index < -0.39 is 10.0 Å². The van der Waals surface area contributed by atoms with E-state index in [-0.39, 0.29) is 4.90 Å². The van der Waals surface area contributed by atoms with Crippen LogP contribution in [0.3, 0.4) is 0 Å². The Balaban J connectivity index is 1.44. The number of rotatable bonds is 7. The quantitative estimate of drug-likeness (QED) is 0.723. The molecule has 1 aromatic heterocycles. The molecule has 146 valence electrons. The lowest BCUT2D eigenvalue weighted by molar-refractivity contribution is 0.0730. The fraction of sp³-hybridized carbons (Fsp3) is 0.722. The van der Waals surface area contributed by atoms with Gasteiger partial charge in [0.15, 0.2) is 0 Å². The highest BCUT2D eigenvalue weighted by Crippen LogP contribution is 2.18. The van der Waals surface area contributed by atoms with Gasteiger partial charge in [0, 0.05) is 25.8 Å². The van der Waals surface area contributed by atoms with Crippen LogP contribution in [0.5, 0.6) is 0 Å². The lowest BCUT2D eigenvalue weighted by Gasteiger charge is -2.30. The van der Waals surface area contributed by atoms with Crippen LogP contribution in [0.15, 0.2) is 23.2 Å². The Morgan fingerprint density at radius 3 is 2.58 bits per heavy atom. The highest BCUT2D eigenvalue weighted by Gasteiger charge is 2.26. The number of aromatic nitrogens is 1. The van der Waals surface area contributed by atoms with Gasteiger partial charge in [-0.05, 0) is 56.9 Å². The van der Waals surface area contributed by atoms with Crippen molar-refractivity contribution in [3.8, 4) is 0 Å². The molecule has 0 saturated carbocycles. The number of hydrogen-bond donors (Lipinski definition) is 1. The van der Waals surface area contributed by atoms with Crippen LogP contribution in [0.1, 0.15) is 26.2 Å². The Kier molecular flexibility index (Phi) is 6.86. The average Bonchev–Trinajstić information content (AvgIpc) is 2.68. The van der Waals surface area contributed by atoms with E-state index in [1.165, 1.54) is 36.4 Å². The van der Waals surface area contributed by atoms with Crippen molar-refractivity contribution in [2.45, 2.75) is 31.1 Å². The zero-order valence-electron chi connectivity index (χ0n) is 15.6. The first-order valence-corrected chi connectivity index (χ1v) is 11.0. The third kappa shape index (κ3) is 5.16. The molecule has 0 aliphatic carbocycles. The van der Waals surface area contributed by atoms with Crippen molar-refractivity contribution in [3.05, 3.63) is 18.3 Å². The summed E-state index contributed by atoms with van der Waals surface area (Å²) in [7, 11) is -3.47. The molecule has 1 N–H and O–H groups in total. The number of likely N-dealkylation sites (tertiary alicyclic amines) is 1. The third-order valence-corrected chi connectivity index (χ3v) is 7.06. The first-order valence-electron chi connectivity index (χ1n) is 9.56. The predicted molar refractivity (Wildman–Crippen MR) is 102 cm³/mol. The number of anilines is 1. The molecule has 0 aromatic carbocycles. The van der Waals surface area contributed by atoms with Gasteiger partial charge in [-0.2, -0.15) is 4.31 Å². The van der Waals surface area contributed by atoms with Gasteiger partial charge < -0.3 is 15.0 Å². The van der Waals surface area contributed by atoms with Crippen molar-refractivity contribution in [1.29, 1.82) is 0 Å². The lowest BCUT2D eigenvalue weighted by Crippen LogP contribution is -2.40. The molecule has 1 aromatic rings. The van der Waals surface area contributed by atoms with Crippen LogP contribution in [0.2, 0.25) is 0 Å². The summed E-state index contributed by atoms with van der Waals surface area (Å²) in [5.74, 6) is 1.58. The van der Waals surface area contributed by atoms with Gasteiger partial charge in [-0.1, -0.05) is 6.92 Å². The number of sulfonamides is 1. The van der Waals surface area contributed by atoms with E-state index in [1.54, 1.807) is 12.1 Å². The summed E-state index contributed by atoms with van der Waals surface area (Å²) in [6, 6.07) is 3.38. The summed E-state index contributed by atoms with van der Waals surface area (Å²) in [6.45, 7) is 8.37. The number of pyridine rings is 1. The van der Waals surface area contributed by atoms with E-state index in [9.17, 15) is 8.42 Å². The van der Waals surface area contributed by atoms with Crippen molar-refractivity contribution >= 4 is 15.8 Å². The largest absolute Gasteiger partial charge is 0.379 e. The van der Waals surface area contributed by atoms with E-state index in [1.807, 2.05) is 0 Å². The minimum absolute atomic E-state index is 0.243. The van der Waals surface area contributed by atoms with Gasteiger partial charge >= 0.3 is 0 Å². The number of nitrogens with one attached hydrogen (secondary N) is 1. The standard InChI is InChI=1S/C18H30N4O3S/c1-16-5-9-21(10-6-16)8-2-7-19-18-4-3-17(15-20-18)26(23,24)22-11-13-25-14-12-22/h3-4,15-16H,2,5-14H2,1H3,(H,19,20). The number of ether oxygens (including phenoxy) is 1. The van der Waals surface area contributed by atoms with Crippen LogP contribution in [-0.2, 0) is 14.8 Å². The fourth-order valence-electron chi connectivity index (χ4n) is 3.38. The highest BCUT2D eigenvalue weighted by molar-refractivity contribution is 7.89. The Labute approximate surface area is 156 Å². The number of morpholine rings is 1. The third-order valence-electron chi connectivity index (χ3n) is 5.18. The summed E-state index contributed by atoms with van der Waals surface area (Å²) in [5, 5.41) is 3.29. The molecule has 2 aliphatic heterocycles. The van der Waals surface area contributed by atoms with E-state index in [0.717, 1.165) is 31.2 Å². The summed E-state index contributed by atoms with van der Waals surface area (Å²) >= 11 is 0. The van der Waals surface area contributed by atoms with Gasteiger partial charge in [-0.3, -0.25) is 0 Å². The molecule has 0 amide bonds. The Bertz CT molecular complexity index is 652. The first kappa shape index (κ1) is 19.5. The van der Waals surface area contributed by atoms with Crippen LogP contribution in [-0.4, -0.2) is 75.1 Å². The van der Waals surface area contributed by atoms with E-state index in [2.05, 4.69) is 22.1 Å². The topological polar surface area (TPSA) is 74.8 Å². The monoisotopic (exact) mass is 382 g/mol. The van der Waals surface area contributed by atoms with Gasteiger partial charge in [0.2, 0.25) is 10.0 Å². The molecule has 0 atom stereocenters. The lowest BCUT2D eigenvalue weighted by atomic mass is 9.99. The second kappa shape index (κ2) is 9.12. The molecular formula is C18H30N4O3S. The van der Waals surface area contributed by atoms with Crippen molar-refractivity contribution in [2.24, 2.45) is 5.92 Å². The number of nitrogens with zero attached hydrogens (tertiary/aromatic N) is 3. The van der Waals surface area contributed by atoms with Gasteiger partial charge in [0.05, 0.1) is 13.2 Å². The minimum Gasteiger partial charge on any atom is -0.379 e. The molecule has 0 radical (unpaired) electrons. The maximum absolute atomic E-state index is 12.6. The molecule has 3 rings (SSSR count). The zero-order valence-corrected chi connectivity index (χ0v) is 16.4. The molecule has 2 aliphatic rings. The van der Waals surface area contributed by atoms with E-state index in [0.29, 0.717) is 26.3 Å². The minimum atomic E-state index is -3.47. The van der Waals surface area contributed by atoms with Crippen molar-refractivity contribution in [1.82, 2.24) is 14.2 Å². The molecule has 26 heavy (non-hydrogen) atoms. The summed E-state index contributed by atoms with van der Waals surface area (Å²) in [4.78, 5) is 7.04. The van der Waals surface area contributed by atoms with Crippen LogP contribution in [0, 0.1) is 5.92 Å². The Morgan fingerprint density at radius 1 is 1.19 bits per heavy atom. The summed E-state index contributed by atoms with van der Waals surface area (Å²) < 4.78 is 31.8. The van der Waals surface area contributed by atoms with E-state index in [4.69, 9.17) is 4.74 Å². The maximum Gasteiger partial charge on any atom is 0.244 e. The summed E-state index contributed by atoms with van der Waals surface area (Å²) in [6.07, 6.45) is 5.10.